The minimum absolute atomic E-state index is 0. The van der Waals surface area contributed by atoms with Crippen LogP contribution >= 0.6 is 0 Å². The van der Waals surface area contributed by atoms with Crippen molar-refractivity contribution >= 4 is 17.4 Å². The van der Waals surface area contributed by atoms with E-state index in [-0.39, 0.29) is 77.8 Å². The molecule has 0 bridgehead atoms. The fourth-order valence-corrected chi connectivity index (χ4v) is 1.67. The van der Waals surface area contributed by atoms with Crippen LogP contribution in [0, 0.1) is 35.6 Å². The van der Waals surface area contributed by atoms with Crippen molar-refractivity contribution in [3.05, 3.63) is 50.6 Å². The summed E-state index contributed by atoms with van der Waals surface area (Å²) in [6, 6.07) is 3.59. The van der Waals surface area contributed by atoms with Gasteiger partial charge in [-0.1, -0.05) is 6.07 Å². The second kappa shape index (κ2) is 11.7. The molecule has 19 heavy (non-hydrogen) atoms. The summed E-state index contributed by atoms with van der Waals surface area (Å²) < 4.78 is 0. The fourth-order valence-electron chi connectivity index (χ4n) is 1.67. The van der Waals surface area contributed by atoms with Crippen molar-refractivity contribution in [2.45, 2.75) is 20.8 Å². The largest absolute Gasteiger partial charge is 0.358 e. The number of nitrogens with one attached hydrogen (secondary N) is 1. The normalized spacial score (nSPS) is 7.74. The van der Waals surface area contributed by atoms with Crippen LogP contribution in [-0.2, 0) is 56.1 Å². The van der Waals surface area contributed by atoms with Crippen LogP contribution in [-0.4, -0.2) is 11.7 Å². The maximum atomic E-state index is 11.4. The zero-order valence-corrected chi connectivity index (χ0v) is 16.4. The summed E-state index contributed by atoms with van der Waals surface area (Å²) in [6.07, 6.45) is 0. The van der Waals surface area contributed by atoms with E-state index in [2.05, 4.69) is 12.2 Å². The van der Waals surface area contributed by atoms with E-state index in [0.29, 0.717) is 11.3 Å². The van der Waals surface area contributed by atoms with E-state index in [1.54, 1.807) is 6.07 Å². The van der Waals surface area contributed by atoms with Gasteiger partial charge in [0, 0.05) is 62.5 Å². The molecule has 0 aromatic heterocycles. The molecule has 2 radical (unpaired) electrons. The van der Waals surface area contributed by atoms with Crippen molar-refractivity contribution < 1.29 is 60.9 Å². The van der Waals surface area contributed by atoms with Gasteiger partial charge in [-0.3, -0.25) is 4.79 Å². The molecule has 104 valence electrons. The third-order valence-electron chi connectivity index (χ3n) is 2.30. The molecule has 1 aromatic rings. The van der Waals surface area contributed by atoms with Gasteiger partial charge in [0.2, 0.25) is 0 Å². The molecule has 0 aliphatic heterocycles. The first kappa shape index (κ1) is 27.3. The average molecular weight is 374 g/mol. The number of hydrogen-bond donors (Lipinski definition) is 1. The third-order valence-corrected chi connectivity index (χ3v) is 2.30. The van der Waals surface area contributed by atoms with Crippen molar-refractivity contribution in [2.75, 3.05) is 5.32 Å². The van der Waals surface area contributed by atoms with Gasteiger partial charge < -0.3 is 31.9 Å². The number of anilines is 1. The van der Waals surface area contributed by atoms with Crippen molar-refractivity contribution in [3.8, 4) is 0 Å². The Morgan fingerprint density at radius 2 is 1.63 bits per heavy atom. The summed E-state index contributed by atoms with van der Waals surface area (Å²) in [6.45, 7) is 8.44. The van der Waals surface area contributed by atoms with Crippen LogP contribution in [0.15, 0.2) is 12.1 Å². The molecule has 5 heteroatoms. The van der Waals surface area contributed by atoms with E-state index >= 15 is 0 Å². The summed E-state index contributed by atoms with van der Waals surface area (Å²) >= 11 is 0. The first-order valence-electron chi connectivity index (χ1n) is 4.67. The molecule has 0 saturated carbocycles. The first-order chi connectivity index (χ1) is 6.93. The number of aryl methyl sites for hydroxylation is 1. The van der Waals surface area contributed by atoms with Gasteiger partial charge >= 0.3 is 0 Å². The van der Waals surface area contributed by atoms with Gasteiger partial charge in [-0.05, 0) is 38.0 Å². The molecule has 0 fully saturated rings. The standard InChI is InChI=1S/C12H14NO2.2CH3.V.Y/c1-7-5-6-11(13-10(4)15)8(2)12(7)9(3)14;;;;/h5-6H,4H2,1-3H3,(H,13,15);2*1H3;;/q3*-1;;. The van der Waals surface area contributed by atoms with Gasteiger partial charge in [0.1, 0.15) is 0 Å². The SMILES string of the molecule is [CH2-]C(=O)Nc1ccc(C)c(C(C)=O)c1C.[CH3-].[CH3-].[V].[Y]. The van der Waals surface area contributed by atoms with E-state index in [1.165, 1.54) is 6.92 Å². The second-order valence-electron chi connectivity index (χ2n) is 3.53. The molecule has 0 heterocycles. The number of amides is 1. The van der Waals surface area contributed by atoms with Crippen molar-refractivity contribution in [1.82, 2.24) is 0 Å². The van der Waals surface area contributed by atoms with E-state index < -0.39 is 0 Å². The average Bonchev–Trinajstić information content (AvgIpc) is 2.09. The smallest absolute Gasteiger partial charge is 0.160 e. The Balaban J connectivity index is -0.000000281. The molecule has 0 aliphatic rings. The van der Waals surface area contributed by atoms with Gasteiger partial charge in [0.05, 0.1) is 5.91 Å². The van der Waals surface area contributed by atoms with E-state index in [4.69, 9.17) is 0 Å². The molecule has 0 spiro atoms. The fraction of sp³-hybridized carbons (Fsp3) is 0.214. The molecular formula is C14H20NO2VY-3. The van der Waals surface area contributed by atoms with E-state index in [0.717, 1.165) is 11.1 Å². The molecule has 0 unspecified atom stereocenters. The number of rotatable bonds is 2. The molecule has 1 rings (SSSR count). The van der Waals surface area contributed by atoms with Gasteiger partial charge in [-0.2, -0.15) is 0 Å². The summed E-state index contributed by atoms with van der Waals surface area (Å²) in [4.78, 5) is 22.2. The van der Waals surface area contributed by atoms with Crippen LogP contribution in [0.2, 0.25) is 0 Å². The van der Waals surface area contributed by atoms with Gasteiger partial charge in [-0.25, -0.2) is 0 Å². The van der Waals surface area contributed by atoms with Crippen molar-refractivity contribution in [2.24, 2.45) is 0 Å². The van der Waals surface area contributed by atoms with Crippen LogP contribution in [0.3, 0.4) is 0 Å². The Labute approximate surface area is 154 Å². The number of benzene rings is 1. The van der Waals surface area contributed by atoms with Crippen LogP contribution in [0.5, 0.6) is 0 Å². The Morgan fingerprint density at radius 3 is 2.00 bits per heavy atom. The molecule has 3 nitrogen and oxygen atoms in total. The number of Topliss-reactive ketones (excluding diaryl/α,β-unsaturated/α-hetero) is 1. The summed E-state index contributed by atoms with van der Waals surface area (Å²) in [5.41, 5.74) is 3.02. The van der Waals surface area contributed by atoms with Crippen molar-refractivity contribution in [1.29, 1.82) is 0 Å². The predicted molar refractivity (Wildman–Crippen MR) is 72.7 cm³/mol. The minimum Gasteiger partial charge on any atom is -0.358 e. The third kappa shape index (κ3) is 7.31. The summed E-state index contributed by atoms with van der Waals surface area (Å²) in [5, 5.41) is 2.59. The molecule has 0 saturated heterocycles. The molecular weight excluding hydrogens is 354 g/mol. The predicted octanol–water partition coefficient (Wildman–Crippen LogP) is 3.17. The first-order valence-corrected chi connectivity index (χ1v) is 4.67. The molecule has 0 aliphatic carbocycles. The van der Waals surface area contributed by atoms with Crippen LogP contribution in [0.4, 0.5) is 5.69 Å². The molecule has 1 aromatic carbocycles. The Kier molecular flexibility index (Phi) is 16.8. The molecule has 0 atom stereocenters. The Morgan fingerprint density at radius 1 is 1.16 bits per heavy atom. The van der Waals surface area contributed by atoms with Crippen LogP contribution in [0.25, 0.3) is 0 Å². The molecule has 1 N–H and O–H groups in total. The number of hydrogen-bond acceptors (Lipinski definition) is 2. The zero-order chi connectivity index (χ0) is 11.6. The zero-order valence-electron chi connectivity index (χ0n) is 12.2. The topological polar surface area (TPSA) is 46.2 Å². The monoisotopic (exact) mass is 374 g/mol. The van der Waals surface area contributed by atoms with E-state index in [1.807, 2.05) is 19.9 Å². The summed E-state index contributed by atoms with van der Waals surface area (Å²) in [7, 11) is 0. The van der Waals surface area contributed by atoms with Crippen LogP contribution < -0.4 is 5.32 Å². The maximum absolute atomic E-state index is 11.4. The quantitative estimate of drug-likeness (QED) is 0.639. The Bertz CT molecular complexity index is 434. The number of ketones is 1. The number of carbonyl (C=O) groups is 2. The van der Waals surface area contributed by atoms with Crippen LogP contribution in [0.1, 0.15) is 28.4 Å². The summed E-state index contributed by atoms with van der Waals surface area (Å²) in [5.74, 6) is -0.374. The Hall–Kier alpha value is -0.0817. The van der Waals surface area contributed by atoms with Gasteiger partial charge in [0.25, 0.3) is 0 Å². The van der Waals surface area contributed by atoms with Crippen molar-refractivity contribution in [3.63, 3.8) is 0 Å². The minimum atomic E-state index is -0.378. The van der Waals surface area contributed by atoms with Gasteiger partial charge in [0.15, 0.2) is 5.78 Å². The van der Waals surface area contributed by atoms with E-state index in [9.17, 15) is 9.59 Å². The van der Waals surface area contributed by atoms with Gasteiger partial charge in [-0.15, -0.1) is 0 Å². The maximum Gasteiger partial charge on any atom is 0.160 e. The second-order valence-corrected chi connectivity index (χ2v) is 3.53. The molecule has 1 amide bonds. The number of carbonyl (C=O) groups excluding carboxylic acids is 2.